The molecule has 2 nitrogen and oxygen atoms in total. The number of carbonyl (C=O) groups is 1. The highest BCUT2D eigenvalue weighted by atomic mass is 35.5. The average molecular weight is 246 g/mol. The van der Waals surface area contributed by atoms with Crippen LogP contribution in [0.5, 0.6) is 0 Å². The number of amides is 1. The summed E-state index contributed by atoms with van der Waals surface area (Å²) >= 11 is 6.11. The largest absolute Gasteiger partial charge is 0.369 e. The summed E-state index contributed by atoms with van der Waals surface area (Å²) in [7, 11) is 0. The first-order chi connectivity index (χ1) is 8.20. The molecule has 0 fully saturated rings. The molecule has 86 valence electrons. The van der Waals surface area contributed by atoms with E-state index < -0.39 is 11.8 Å². The van der Waals surface area contributed by atoms with Crippen LogP contribution in [-0.2, 0) is 4.79 Å². The van der Waals surface area contributed by atoms with Crippen molar-refractivity contribution in [1.82, 2.24) is 0 Å². The van der Waals surface area contributed by atoms with Crippen molar-refractivity contribution in [2.24, 2.45) is 5.73 Å². The quantitative estimate of drug-likeness (QED) is 0.888. The highest BCUT2D eigenvalue weighted by molar-refractivity contribution is 6.31. The van der Waals surface area contributed by atoms with Crippen molar-refractivity contribution in [3.63, 3.8) is 0 Å². The molecule has 0 heterocycles. The zero-order valence-corrected chi connectivity index (χ0v) is 9.89. The third-order valence-corrected chi connectivity index (χ3v) is 2.98. The van der Waals surface area contributed by atoms with Crippen LogP contribution >= 0.6 is 11.6 Å². The molecule has 0 aliphatic heterocycles. The Kier molecular flexibility index (Phi) is 3.45. The zero-order valence-electron chi connectivity index (χ0n) is 9.14. The summed E-state index contributed by atoms with van der Waals surface area (Å²) in [4.78, 5) is 11.6. The van der Waals surface area contributed by atoms with Crippen LogP contribution in [0, 0.1) is 0 Å². The smallest absolute Gasteiger partial charge is 0.229 e. The molecule has 0 aliphatic carbocycles. The summed E-state index contributed by atoms with van der Waals surface area (Å²) in [6, 6.07) is 16.7. The first kappa shape index (κ1) is 11.7. The molecule has 0 unspecified atom stereocenters. The van der Waals surface area contributed by atoms with Crippen molar-refractivity contribution in [2.75, 3.05) is 0 Å². The van der Waals surface area contributed by atoms with E-state index in [0.29, 0.717) is 5.02 Å². The van der Waals surface area contributed by atoms with Gasteiger partial charge in [0, 0.05) is 5.02 Å². The minimum Gasteiger partial charge on any atom is -0.369 e. The van der Waals surface area contributed by atoms with E-state index in [1.807, 2.05) is 48.5 Å². The maximum Gasteiger partial charge on any atom is 0.229 e. The summed E-state index contributed by atoms with van der Waals surface area (Å²) in [5.74, 6) is -0.894. The normalized spacial score (nSPS) is 12.1. The van der Waals surface area contributed by atoms with E-state index in [9.17, 15) is 4.79 Å². The molecule has 0 aliphatic rings. The number of benzene rings is 2. The molecule has 3 heteroatoms. The Labute approximate surface area is 105 Å². The fraction of sp³-hybridized carbons (Fsp3) is 0.0714. The molecule has 0 radical (unpaired) electrons. The van der Waals surface area contributed by atoms with E-state index in [4.69, 9.17) is 17.3 Å². The van der Waals surface area contributed by atoms with Gasteiger partial charge in [-0.25, -0.2) is 0 Å². The molecule has 0 aromatic heterocycles. The lowest BCUT2D eigenvalue weighted by Gasteiger charge is -2.15. The predicted molar refractivity (Wildman–Crippen MR) is 68.9 cm³/mol. The van der Waals surface area contributed by atoms with Gasteiger partial charge in [-0.2, -0.15) is 0 Å². The summed E-state index contributed by atoms with van der Waals surface area (Å²) in [6.07, 6.45) is 0. The number of hydrogen-bond acceptors (Lipinski definition) is 1. The lowest BCUT2D eigenvalue weighted by atomic mass is 9.91. The second-order valence-electron chi connectivity index (χ2n) is 3.77. The van der Waals surface area contributed by atoms with Crippen molar-refractivity contribution in [3.8, 4) is 0 Å². The number of carbonyl (C=O) groups excluding carboxylic acids is 1. The number of rotatable bonds is 3. The van der Waals surface area contributed by atoms with Crippen LogP contribution in [0.15, 0.2) is 54.6 Å². The van der Waals surface area contributed by atoms with Gasteiger partial charge in [-0.15, -0.1) is 0 Å². The van der Waals surface area contributed by atoms with Crippen molar-refractivity contribution in [1.29, 1.82) is 0 Å². The molecular formula is C14H12ClNO. The Bertz CT molecular complexity index is 525. The van der Waals surface area contributed by atoms with Gasteiger partial charge < -0.3 is 5.73 Å². The number of nitrogens with two attached hydrogens (primary N) is 1. The van der Waals surface area contributed by atoms with Crippen LogP contribution < -0.4 is 5.73 Å². The highest BCUT2D eigenvalue weighted by Crippen LogP contribution is 2.29. The molecule has 17 heavy (non-hydrogen) atoms. The Hall–Kier alpha value is -1.80. The molecule has 2 aromatic rings. The fourth-order valence-corrected chi connectivity index (χ4v) is 2.10. The van der Waals surface area contributed by atoms with Gasteiger partial charge in [-0.05, 0) is 17.2 Å². The monoisotopic (exact) mass is 245 g/mol. The maximum absolute atomic E-state index is 11.6. The average Bonchev–Trinajstić information content (AvgIpc) is 2.33. The van der Waals surface area contributed by atoms with E-state index in [1.165, 1.54) is 0 Å². The van der Waals surface area contributed by atoms with Gasteiger partial charge in [-0.1, -0.05) is 60.1 Å². The molecular weight excluding hydrogens is 234 g/mol. The van der Waals surface area contributed by atoms with Crippen LogP contribution in [0.3, 0.4) is 0 Å². The van der Waals surface area contributed by atoms with E-state index in [0.717, 1.165) is 11.1 Å². The molecule has 2 aromatic carbocycles. The first-order valence-corrected chi connectivity index (χ1v) is 5.66. The van der Waals surface area contributed by atoms with E-state index in [1.54, 1.807) is 6.07 Å². The van der Waals surface area contributed by atoms with Crippen LogP contribution in [0.25, 0.3) is 0 Å². The van der Waals surface area contributed by atoms with Crippen LogP contribution in [0.1, 0.15) is 17.0 Å². The fourth-order valence-electron chi connectivity index (χ4n) is 1.85. The second kappa shape index (κ2) is 5.02. The Morgan fingerprint density at radius 3 is 2.18 bits per heavy atom. The number of primary amides is 1. The lowest BCUT2D eigenvalue weighted by Crippen LogP contribution is -2.22. The minimum atomic E-state index is -0.495. The van der Waals surface area contributed by atoms with Crippen LogP contribution in [0.2, 0.25) is 5.02 Å². The Morgan fingerprint density at radius 1 is 1.00 bits per heavy atom. The number of hydrogen-bond donors (Lipinski definition) is 1. The minimum absolute atomic E-state index is 0.399. The predicted octanol–water partition coefficient (Wildman–Crippen LogP) is 2.96. The number of halogens is 1. The van der Waals surface area contributed by atoms with Gasteiger partial charge in [0.15, 0.2) is 0 Å². The standard InChI is InChI=1S/C14H12ClNO/c15-12-9-5-4-8-11(12)13(14(16)17)10-6-2-1-3-7-10/h1-9,13H,(H2,16,17)/t13-/m0/s1. The van der Waals surface area contributed by atoms with Crippen molar-refractivity contribution < 1.29 is 4.79 Å². The van der Waals surface area contributed by atoms with E-state index in [-0.39, 0.29) is 0 Å². The lowest BCUT2D eigenvalue weighted by molar-refractivity contribution is -0.118. The van der Waals surface area contributed by atoms with Crippen molar-refractivity contribution in [2.45, 2.75) is 5.92 Å². The molecule has 0 saturated heterocycles. The topological polar surface area (TPSA) is 43.1 Å². The maximum atomic E-state index is 11.6. The van der Waals surface area contributed by atoms with Crippen LogP contribution in [0.4, 0.5) is 0 Å². The van der Waals surface area contributed by atoms with Gasteiger partial charge in [-0.3, -0.25) is 4.79 Å². The SMILES string of the molecule is NC(=O)[C@@H](c1ccccc1)c1ccccc1Cl. The molecule has 0 saturated carbocycles. The Morgan fingerprint density at radius 2 is 1.59 bits per heavy atom. The summed E-state index contributed by atoms with van der Waals surface area (Å²) in [6.45, 7) is 0. The molecule has 0 spiro atoms. The van der Waals surface area contributed by atoms with E-state index >= 15 is 0 Å². The van der Waals surface area contributed by atoms with Gasteiger partial charge in [0.05, 0.1) is 5.92 Å². The highest BCUT2D eigenvalue weighted by Gasteiger charge is 2.21. The summed E-state index contributed by atoms with van der Waals surface area (Å²) < 4.78 is 0. The third kappa shape index (κ3) is 2.48. The van der Waals surface area contributed by atoms with E-state index in [2.05, 4.69) is 0 Å². The van der Waals surface area contributed by atoms with Gasteiger partial charge in [0.1, 0.15) is 0 Å². The van der Waals surface area contributed by atoms with Gasteiger partial charge in [0.25, 0.3) is 0 Å². The van der Waals surface area contributed by atoms with Gasteiger partial charge >= 0.3 is 0 Å². The molecule has 2 N–H and O–H groups in total. The summed E-state index contributed by atoms with van der Waals surface area (Å²) in [5.41, 5.74) is 7.07. The van der Waals surface area contributed by atoms with Gasteiger partial charge in [0.2, 0.25) is 5.91 Å². The summed E-state index contributed by atoms with van der Waals surface area (Å²) in [5, 5.41) is 0.556. The Balaban J connectivity index is 2.51. The zero-order chi connectivity index (χ0) is 12.3. The molecule has 0 bridgehead atoms. The molecule has 2 rings (SSSR count). The van der Waals surface area contributed by atoms with Crippen LogP contribution in [-0.4, -0.2) is 5.91 Å². The third-order valence-electron chi connectivity index (χ3n) is 2.63. The molecule has 1 amide bonds. The molecule has 1 atom stereocenters. The van der Waals surface area contributed by atoms with Crippen molar-refractivity contribution in [3.05, 3.63) is 70.7 Å². The van der Waals surface area contributed by atoms with Crippen molar-refractivity contribution >= 4 is 17.5 Å². The second-order valence-corrected chi connectivity index (χ2v) is 4.17. The first-order valence-electron chi connectivity index (χ1n) is 5.29.